The molecule has 39 heavy (non-hydrogen) atoms. The fourth-order valence-electron chi connectivity index (χ4n) is 3.73. The van der Waals surface area contributed by atoms with E-state index in [9.17, 15) is 29.1 Å². The molecule has 8 N–H and O–H groups in total. The molecule has 0 aliphatic carbocycles. The second-order valence-electron chi connectivity index (χ2n) is 9.34. The fourth-order valence-corrected chi connectivity index (χ4v) is 3.73. The van der Waals surface area contributed by atoms with Gasteiger partial charge in [-0.25, -0.2) is 9.78 Å². The van der Waals surface area contributed by atoms with E-state index >= 15 is 0 Å². The van der Waals surface area contributed by atoms with Gasteiger partial charge in [-0.1, -0.05) is 50.6 Å². The molecule has 13 heteroatoms. The zero-order valence-electron chi connectivity index (χ0n) is 21.9. The van der Waals surface area contributed by atoms with Gasteiger partial charge >= 0.3 is 11.9 Å². The highest BCUT2D eigenvalue weighted by molar-refractivity contribution is 5.94. The topological polar surface area (TPSA) is 217 Å². The van der Waals surface area contributed by atoms with E-state index in [1.165, 1.54) is 12.5 Å². The molecule has 2 rings (SSSR count). The molecule has 5 atom stereocenters. The average Bonchev–Trinajstić information content (AvgIpc) is 3.42. The predicted molar refractivity (Wildman–Crippen MR) is 140 cm³/mol. The number of amides is 3. The van der Waals surface area contributed by atoms with Crippen LogP contribution in [-0.2, 0) is 36.8 Å². The van der Waals surface area contributed by atoms with Crippen molar-refractivity contribution in [2.75, 3.05) is 0 Å². The lowest BCUT2D eigenvalue weighted by atomic mass is 9.98. The molecule has 1 heterocycles. The van der Waals surface area contributed by atoms with E-state index in [0.717, 1.165) is 5.56 Å². The molecular weight excluding hydrogens is 508 g/mol. The van der Waals surface area contributed by atoms with Crippen LogP contribution in [0.4, 0.5) is 0 Å². The zero-order valence-corrected chi connectivity index (χ0v) is 21.9. The maximum Gasteiger partial charge on any atom is 0.326 e. The number of nitrogens with one attached hydrogen (secondary N) is 4. The van der Waals surface area contributed by atoms with Crippen molar-refractivity contribution in [3.63, 3.8) is 0 Å². The third kappa shape index (κ3) is 10.2. The maximum absolute atomic E-state index is 13.5. The van der Waals surface area contributed by atoms with Gasteiger partial charge in [0.15, 0.2) is 0 Å². The molecule has 1 aromatic heterocycles. The summed E-state index contributed by atoms with van der Waals surface area (Å²) in [6.07, 6.45) is 2.70. The number of imidazole rings is 1. The van der Waals surface area contributed by atoms with Crippen LogP contribution in [0.2, 0.25) is 0 Å². The van der Waals surface area contributed by atoms with E-state index in [2.05, 4.69) is 25.9 Å². The van der Waals surface area contributed by atoms with Gasteiger partial charge in [0.25, 0.3) is 0 Å². The first-order chi connectivity index (χ1) is 18.5. The molecule has 13 nitrogen and oxygen atoms in total. The second-order valence-corrected chi connectivity index (χ2v) is 9.34. The van der Waals surface area contributed by atoms with Crippen molar-refractivity contribution in [1.29, 1.82) is 0 Å². The first kappa shape index (κ1) is 31.0. The smallest absolute Gasteiger partial charge is 0.326 e. The van der Waals surface area contributed by atoms with Gasteiger partial charge in [0, 0.05) is 31.2 Å². The molecule has 0 spiro atoms. The number of rotatable bonds is 16. The number of aromatic nitrogens is 2. The standard InChI is InChI=1S/C26H36N6O7/c1-3-15(2)22(27)25(37)32-19(11-16-7-5-4-6-8-16)23(35)31-20(12-17-13-28-14-29-17)24(36)30-18(26(38)39)9-10-21(33)34/h4-8,13-15,18-20,22H,3,9-12,27H2,1-2H3,(H,28,29)(H,30,36)(H,31,35)(H,32,37)(H,33,34)(H,38,39). The maximum atomic E-state index is 13.5. The first-order valence-electron chi connectivity index (χ1n) is 12.6. The Hall–Kier alpha value is -4.26. The largest absolute Gasteiger partial charge is 0.481 e. The quantitative estimate of drug-likeness (QED) is 0.151. The molecular formula is C26H36N6O7. The van der Waals surface area contributed by atoms with Crippen molar-refractivity contribution in [1.82, 2.24) is 25.9 Å². The molecule has 0 saturated carbocycles. The zero-order chi connectivity index (χ0) is 28.9. The third-order valence-electron chi connectivity index (χ3n) is 6.35. The van der Waals surface area contributed by atoms with Crippen LogP contribution in [0.5, 0.6) is 0 Å². The molecule has 2 aromatic rings. The van der Waals surface area contributed by atoms with Crippen LogP contribution in [0.25, 0.3) is 0 Å². The van der Waals surface area contributed by atoms with Crippen molar-refractivity contribution < 1.29 is 34.2 Å². The van der Waals surface area contributed by atoms with Gasteiger partial charge in [0.2, 0.25) is 17.7 Å². The summed E-state index contributed by atoms with van der Waals surface area (Å²) in [6.45, 7) is 3.72. The predicted octanol–water partition coefficient (Wildman–Crippen LogP) is -0.0279. The van der Waals surface area contributed by atoms with Crippen molar-refractivity contribution in [2.24, 2.45) is 11.7 Å². The Labute approximate surface area is 226 Å². The summed E-state index contributed by atoms with van der Waals surface area (Å²) in [7, 11) is 0. The lowest BCUT2D eigenvalue weighted by molar-refractivity contribution is -0.143. The fraction of sp³-hybridized carbons (Fsp3) is 0.462. The molecule has 1 aromatic carbocycles. The summed E-state index contributed by atoms with van der Waals surface area (Å²) in [5.74, 6) is -4.80. The summed E-state index contributed by atoms with van der Waals surface area (Å²) >= 11 is 0. The van der Waals surface area contributed by atoms with Crippen molar-refractivity contribution in [3.05, 3.63) is 54.1 Å². The summed E-state index contributed by atoms with van der Waals surface area (Å²) in [5.41, 5.74) is 7.31. The van der Waals surface area contributed by atoms with E-state index in [1.54, 1.807) is 24.3 Å². The van der Waals surface area contributed by atoms with E-state index in [0.29, 0.717) is 12.1 Å². The van der Waals surface area contributed by atoms with Crippen LogP contribution in [0.3, 0.4) is 0 Å². The number of carbonyl (C=O) groups excluding carboxylic acids is 3. The molecule has 0 saturated heterocycles. The van der Waals surface area contributed by atoms with Crippen LogP contribution in [0.15, 0.2) is 42.9 Å². The van der Waals surface area contributed by atoms with Crippen LogP contribution in [0.1, 0.15) is 44.4 Å². The number of hydrogen-bond acceptors (Lipinski definition) is 7. The summed E-state index contributed by atoms with van der Waals surface area (Å²) in [5, 5.41) is 26.0. The van der Waals surface area contributed by atoms with Crippen LogP contribution >= 0.6 is 0 Å². The highest BCUT2D eigenvalue weighted by Gasteiger charge is 2.31. The highest BCUT2D eigenvalue weighted by Crippen LogP contribution is 2.09. The van der Waals surface area contributed by atoms with Gasteiger partial charge in [-0.15, -0.1) is 0 Å². The number of carboxylic acids is 2. The SMILES string of the molecule is CCC(C)C(N)C(=O)NC(Cc1ccccc1)C(=O)NC(Cc1cnc[nH]1)C(=O)NC(CCC(=O)O)C(=O)O. The number of benzene rings is 1. The Morgan fingerprint density at radius 1 is 0.923 bits per heavy atom. The number of carboxylic acid groups (broad SMARTS) is 2. The van der Waals surface area contributed by atoms with Crippen molar-refractivity contribution >= 4 is 29.7 Å². The monoisotopic (exact) mass is 544 g/mol. The molecule has 0 fully saturated rings. The van der Waals surface area contributed by atoms with E-state index < -0.39 is 60.2 Å². The van der Waals surface area contributed by atoms with Gasteiger partial charge in [0.05, 0.1) is 12.4 Å². The number of aromatic amines is 1. The molecule has 0 aliphatic rings. The number of aliphatic carboxylic acids is 2. The van der Waals surface area contributed by atoms with Gasteiger partial charge in [-0.05, 0) is 17.9 Å². The molecule has 3 amide bonds. The molecule has 0 bridgehead atoms. The van der Waals surface area contributed by atoms with E-state index in [4.69, 9.17) is 10.8 Å². The number of nitrogens with two attached hydrogens (primary N) is 1. The van der Waals surface area contributed by atoms with Crippen LogP contribution < -0.4 is 21.7 Å². The first-order valence-corrected chi connectivity index (χ1v) is 12.6. The van der Waals surface area contributed by atoms with Gasteiger partial charge in [-0.2, -0.15) is 0 Å². The minimum atomic E-state index is -1.48. The summed E-state index contributed by atoms with van der Waals surface area (Å²) in [4.78, 5) is 68.7. The molecule has 212 valence electrons. The van der Waals surface area contributed by atoms with Crippen molar-refractivity contribution in [3.8, 4) is 0 Å². The Bertz CT molecular complexity index is 1110. The Morgan fingerprint density at radius 3 is 2.05 bits per heavy atom. The number of H-pyrrole nitrogens is 1. The Kier molecular flexibility index (Phi) is 12.1. The molecule has 0 aliphatic heterocycles. The summed E-state index contributed by atoms with van der Waals surface area (Å²) in [6, 6.07) is 4.27. The minimum absolute atomic E-state index is 0.0682. The van der Waals surface area contributed by atoms with Gasteiger partial charge in [-0.3, -0.25) is 19.2 Å². The molecule has 5 unspecified atom stereocenters. The van der Waals surface area contributed by atoms with Crippen LogP contribution in [-0.4, -0.2) is 74.0 Å². The lowest BCUT2D eigenvalue weighted by Gasteiger charge is -2.26. The number of carbonyl (C=O) groups is 5. The molecule has 0 radical (unpaired) electrons. The number of nitrogens with zero attached hydrogens (tertiary/aromatic N) is 1. The Balaban J connectivity index is 2.27. The highest BCUT2D eigenvalue weighted by atomic mass is 16.4. The third-order valence-corrected chi connectivity index (χ3v) is 6.35. The second kappa shape index (κ2) is 15.2. The van der Waals surface area contributed by atoms with Gasteiger partial charge < -0.3 is 36.9 Å². The summed E-state index contributed by atoms with van der Waals surface area (Å²) < 4.78 is 0. The van der Waals surface area contributed by atoms with Crippen LogP contribution in [0, 0.1) is 5.92 Å². The number of hydrogen-bond donors (Lipinski definition) is 7. The normalized spacial score (nSPS) is 14.7. The average molecular weight is 545 g/mol. The minimum Gasteiger partial charge on any atom is -0.481 e. The van der Waals surface area contributed by atoms with Crippen molar-refractivity contribution in [2.45, 2.75) is 70.1 Å². The van der Waals surface area contributed by atoms with E-state index in [1.807, 2.05) is 19.9 Å². The Morgan fingerprint density at radius 2 is 1.51 bits per heavy atom. The lowest BCUT2D eigenvalue weighted by Crippen LogP contribution is -2.58. The van der Waals surface area contributed by atoms with E-state index in [-0.39, 0.29) is 25.2 Å². The van der Waals surface area contributed by atoms with Gasteiger partial charge in [0.1, 0.15) is 18.1 Å².